The molecule has 1 fully saturated rings. The van der Waals surface area contributed by atoms with E-state index in [1.807, 2.05) is 13.0 Å². The Morgan fingerprint density at radius 2 is 2.15 bits per heavy atom. The van der Waals surface area contributed by atoms with E-state index >= 15 is 0 Å². The normalized spacial score (nSPS) is 18.0. The lowest BCUT2D eigenvalue weighted by atomic mass is 10.1. The highest BCUT2D eigenvalue weighted by Crippen LogP contribution is 2.23. The largest absolute Gasteiger partial charge is 0.484 e. The Hall–Kier alpha value is -1.96. The highest BCUT2D eigenvalue weighted by atomic mass is 19.4. The SMILES string of the molecule is CN=C(NCCC1CCCO1)NCc1ccc(C)cc1OCC(F)(F)F. The lowest BCUT2D eigenvalue weighted by Gasteiger charge is -2.17. The first-order valence-corrected chi connectivity index (χ1v) is 8.72. The number of aryl methyl sites for hydroxylation is 1. The van der Waals surface area contributed by atoms with Gasteiger partial charge in [0.1, 0.15) is 5.75 Å². The zero-order valence-electron chi connectivity index (χ0n) is 15.2. The van der Waals surface area contributed by atoms with Crippen molar-refractivity contribution in [2.75, 3.05) is 26.8 Å². The van der Waals surface area contributed by atoms with Crippen molar-refractivity contribution in [3.8, 4) is 5.75 Å². The standard InChI is InChI=1S/C18H26F3N3O2/c1-13-5-6-14(16(10-13)26-12-18(19,20)21)11-24-17(22-2)23-8-7-15-4-3-9-25-15/h5-6,10,15H,3-4,7-9,11-12H2,1-2H3,(H2,22,23,24). The second-order valence-corrected chi connectivity index (χ2v) is 6.29. The summed E-state index contributed by atoms with van der Waals surface area (Å²) in [6.45, 7) is 2.36. The van der Waals surface area contributed by atoms with Crippen LogP contribution in [0.4, 0.5) is 13.2 Å². The molecule has 0 spiro atoms. The fraction of sp³-hybridized carbons (Fsp3) is 0.611. The summed E-state index contributed by atoms with van der Waals surface area (Å²) in [6, 6.07) is 5.20. The van der Waals surface area contributed by atoms with Gasteiger partial charge in [-0.2, -0.15) is 13.2 Å². The van der Waals surface area contributed by atoms with Crippen molar-refractivity contribution in [1.82, 2.24) is 10.6 Å². The second-order valence-electron chi connectivity index (χ2n) is 6.29. The molecule has 0 bridgehead atoms. The number of nitrogens with zero attached hydrogens (tertiary/aromatic N) is 1. The molecule has 5 nitrogen and oxygen atoms in total. The molecule has 26 heavy (non-hydrogen) atoms. The number of ether oxygens (including phenoxy) is 2. The second kappa shape index (κ2) is 9.66. The van der Waals surface area contributed by atoms with Crippen molar-refractivity contribution in [3.05, 3.63) is 29.3 Å². The Kier molecular flexibility index (Phi) is 7.56. The van der Waals surface area contributed by atoms with Gasteiger partial charge < -0.3 is 20.1 Å². The van der Waals surface area contributed by atoms with Gasteiger partial charge in [0.2, 0.25) is 0 Å². The minimum absolute atomic E-state index is 0.227. The molecular formula is C18H26F3N3O2. The zero-order chi connectivity index (χ0) is 19.0. The summed E-state index contributed by atoms with van der Waals surface area (Å²) in [7, 11) is 1.65. The molecule has 0 aliphatic carbocycles. The van der Waals surface area contributed by atoms with Gasteiger partial charge in [-0.1, -0.05) is 12.1 Å². The van der Waals surface area contributed by atoms with Crippen LogP contribution in [0.25, 0.3) is 0 Å². The Balaban J connectivity index is 1.85. The van der Waals surface area contributed by atoms with Gasteiger partial charge in [-0.05, 0) is 37.8 Å². The Morgan fingerprint density at radius 1 is 1.35 bits per heavy atom. The summed E-state index contributed by atoms with van der Waals surface area (Å²) in [5.74, 6) is 0.815. The van der Waals surface area contributed by atoms with Crippen LogP contribution in [0.5, 0.6) is 5.75 Å². The molecule has 0 amide bonds. The first kappa shape index (κ1) is 20.4. The minimum atomic E-state index is -4.37. The maximum atomic E-state index is 12.4. The van der Waals surface area contributed by atoms with Crippen LogP contribution in [-0.4, -0.2) is 45.0 Å². The number of benzene rings is 1. The van der Waals surface area contributed by atoms with E-state index in [0.29, 0.717) is 24.2 Å². The topological polar surface area (TPSA) is 54.9 Å². The molecule has 1 aromatic carbocycles. The van der Waals surface area contributed by atoms with Crippen LogP contribution in [-0.2, 0) is 11.3 Å². The maximum Gasteiger partial charge on any atom is 0.422 e. The molecule has 0 aromatic heterocycles. The van der Waals surface area contributed by atoms with Gasteiger partial charge in [0.05, 0.1) is 6.10 Å². The third-order valence-electron chi connectivity index (χ3n) is 4.07. The lowest BCUT2D eigenvalue weighted by Crippen LogP contribution is -2.38. The van der Waals surface area contributed by atoms with E-state index in [0.717, 1.165) is 38.0 Å². The summed E-state index contributed by atoms with van der Waals surface area (Å²) in [4.78, 5) is 4.13. The predicted octanol–water partition coefficient (Wildman–Crippen LogP) is 3.17. The Bertz CT molecular complexity index is 600. The van der Waals surface area contributed by atoms with Gasteiger partial charge in [-0.3, -0.25) is 4.99 Å². The van der Waals surface area contributed by atoms with Crippen LogP contribution in [0.15, 0.2) is 23.2 Å². The maximum absolute atomic E-state index is 12.4. The number of hydrogen-bond donors (Lipinski definition) is 2. The number of aliphatic imine (C=N–C) groups is 1. The van der Waals surface area contributed by atoms with E-state index in [1.165, 1.54) is 0 Å². The van der Waals surface area contributed by atoms with Crippen molar-refractivity contribution < 1.29 is 22.6 Å². The van der Waals surface area contributed by atoms with Gasteiger partial charge >= 0.3 is 6.18 Å². The molecule has 1 aromatic rings. The molecule has 1 unspecified atom stereocenters. The average Bonchev–Trinajstić information content (AvgIpc) is 3.10. The molecule has 1 aliphatic heterocycles. The van der Waals surface area contributed by atoms with Gasteiger partial charge in [0.15, 0.2) is 12.6 Å². The van der Waals surface area contributed by atoms with Crippen LogP contribution in [0.1, 0.15) is 30.4 Å². The fourth-order valence-electron chi connectivity index (χ4n) is 2.72. The van der Waals surface area contributed by atoms with E-state index in [4.69, 9.17) is 9.47 Å². The molecule has 146 valence electrons. The highest BCUT2D eigenvalue weighted by molar-refractivity contribution is 5.79. The third kappa shape index (κ3) is 7.11. The van der Waals surface area contributed by atoms with Crippen molar-refractivity contribution >= 4 is 5.96 Å². The van der Waals surface area contributed by atoms with Gasteiger partial charge in [0, 0.05) is 32.3 Å². The molecule has 1 saturated heterocycles. The molecule has 1 atom stereocenters. The molecule has 2 rings (SSSR count). The molecule has 1 heterocycles. The number of rotatable bonds is 7. The first-order valence-electron chi connectivity index (χ1n) is 8.72. The Labute approximate surface area is 152 Å². The monoisotopic (exact) mass is 373 g/mol. The van der Waals surface area contributed by atoms with Crippen molar-refractivity contribution in [2.45, 2.75) is 45.0 Å². The lowest BCUT2D eigenvalue weighted by molar-refractivity contribution is -0.153. The van der Waals surface area contributed by atoms with Crippen molar-refractivity contribution in [1.29, 1.82) is 0 Å². The molecule has 0 radical (unpaired) electrons. The highest BCUT2D eigenvalue weighted by Gasteiger charge is 2.28. The van der Waals surface area contributed by atoms with E-state index in [1.54, 1.807) is 19.2 Å². The van der Waals surface area contributed by atoms with Crippen LogP contribution >= 0.6 is 0 Å². The molecule has 1 aliphatic rings. The molecule has 0 saturated carbocycles. The van der Waals surface area contributed by atoms with Gasteiger partial charge in [-0.15, -0.1) is 0 Å². The molecule has 2 N–H and O–H groups in total. The van der Waals surface area contributed by atoms with Crippen LogP contribution in [0, 0.1) is 6.92 Å². The summed E-state index contributed by atoms with van der Waals surface area (Å²) in [5.41, 5.74) is 1.48. The number of halogens is 3. The average molecular weight is 373 g/mol. The smallest absolute Gasteiger partial charge is 0.422 e. The minimum Gasteiger partial charge on any atom is -0.484 e. The van der Waals surface area contributed by atoms with E-state index in [-0.39, 0.29) is 5.75 Å². The third-order valence-corrected chi connectivity index (χ3v) is 4.07. The predicted molar refractivity (Wildman–Crippen MR) is 94.5 cm³/mol. The van der Waals surface area contributed by atoms with E-state index in [2.05, 4.69) is 15.6 Å². The first-order chi connectivity index (χ1) is 12.4. The summed E-state index contributed by atoms with van der Waals surface area (Å²) in [6.07, 6.45) is -0.998. The van der Waals surface area contributed by atoms with E-state index in [9.17, 15) is 13.2 Å². The number of hydrogen-bond acceptors (Lipinski definition) is 3. The molecule has 8 heteroatoms. The Morgan fingerprint density at radius 3 is 2.81 bits per heavy atom. The van der Waals surface area contributed by atoms with Crippen LogP contribution in [0.2, 0.25) is 0 Å². The number of nitrogens with one attached hydrogen (secondary N) is 2. The molecular weight excluding hydrogens is 347 g/mol. The number of guanidine groups is 1. The number of alkyl halides is 3. The fourth-order valence-corrected chi connectivity index (χ4v) is 2.72. The quantitative estimate of drug-likeness (QED) is 0.569. The zero-order valence-corrected chi connectivity index (χ0v) is 15.2. The van der Waals surface area contributed by atoms with Gasteiger partial charge in [0.25, 0.3) is 0 Å². The van der Waals surface area contributed by atoms with Crippen molar-refractivity contribution in [3.63, 3.8) is 0 Å². The summed E-state index contributed by atoms with van der Waals surface area (Å²) < 4.78 is 47.8. The van der Waals surface area contributed by atoms with Crippen LogP contribution < -0.4 is 15.4 Å². The summed E-state index contributed by atoms with van der Waals surface area (Å²) >= 11 is 0. The van der Waals surface area contributed by atoms with Crippen LogP contribution in [0.3, 0.4) is 0 Å². The van der Waals surface area contributed by atoms with E-state index < -0.39 is 12.8 Å². The van der Waals surface area contributed by atoms with Gasteiger partial charge in [-0.25, -0.2) is 0 Å². The summed E-state index contributed by atoms with van der Waals surface area (Å²) in [5, 5.41) is 6.30. The van der Waals surface area contributed by atoms with Crippen molar-refractivity contribution in [2.24, 2.45) is 4.99 Å².